The number of nitrogens with zero attached hydrogens (tertiary/aromatic N) is 2. The molecular weight excluding hydrogens is 393 g/mol. The smallest absolute Gasteiger partial charge is 0.246 e. The molecule has 28 heavy (non-hydrogen) atoms. The lowest BCUT2D eigenvalue weighted by Crippen LogP contribution is -2.48. The lowest BCUT2D eigenvalue weighted by atomic mass is 10.0. The molecule has 0 saturated carbocycles. The van der Waals surface area contributed by atoms with Crippen LogP contribution in [-0.2, 0) is 16.6 Å². The van der Waals surface area contributed by atoms with Crippen LogP contribution in [0.5, 0.6) is 5.75 Å². The minimum absolute atomic E-state index is 0.0758. The monoisotopic (exact) mass is 414 g/mol. The van der Waals surface area contributed by atoms with Gasteiger partial charge in [-0.25, -0.2) is 21.6 Å². The van der Waals surface area contributed by atoms with E-state index in [1.807, 2.05) is 24.8 Å². The summed E-state index contributed by atoms with van der Waals surface area (Å²) in [4.78, 5) is 1.10. The van der Waals surface area contributed by atoms with Crippen molar-refractivity contribution in [2.75, 3.05) is 26.2 Å². The fourth-order valence-corrected chi connectivity index (χ4v) is 4.68. The van der Waals surface area contributed by atoms with Crippen LogP contribution in [0, 0.1) is 31.3 Å². The number of phenolic OH excluding ortho intramolecular Hbond substituents is 1. The van der Waals surface area contributed by atoms with Gasteiger partial charge in [-0.2, -0.15) is 4.31 Å². The van der Waals surface area contributed by atoms with E-state index < -0.39 is 32.4 Å². The number of hydrogen-bond acceptors (Lipinski definition) is 4. The molecular formula is C19H21F3N2O3S. The van der Waals surface area contributed by atoms with Crippen LogP contribution in [0.4, 0.5) is 13.2 Å². The third kappa shape index (κ3) is 3.87. The van der Waals surface area contributed by atoms with Gasteiger partial charge in [0, 0.05) is 38.3 Å². The summed E-state index contributed by atoms with van der Waals surface area (Å²) in [5.74, 6) is -4.76. The maximum Gasteiger partial charge on any atom is 0.246 e. The number of rotatable bonds is 4. The Kier molecular flexibility index (Phi) is 5.69. The van der Waals surface area contributed by atoms with Crippen molar-refractivity contribution < 1.29 is 26.7 Å². The molecule has 0 spiro atoms. The molecule has 152 valence electrons. The van der Waals surface area contributed by atoms with Crippen molar-refractivity contribution in [3.8, 4) is 5.75 Å². The lowest BCUT2D eigenvalue weighted by molar-refractivity contribution is 0.180. The van der Waals surface area contributed by atoms with Crippen molar-refractivity contribution >= 4 is 10.0 Å². The van der Waals surface area contributed by atoms with Crippen LogP contribution < -0.4 is 0 Å². The van der Waals surface area contributed by atoms with Crippen LogP contribution in [0.2, 0.25) is 0 Å². The molecule has 0 amide bonds. The fourth-order valence-electron chi connectivity index (χ4n) is 3.20. The largest absolute Gasteiger partial charge is 0.508 e. The van der Waals surface area contributed by atoms with E-state index in [1.165, 1.54) is 0 Å². The van der Waals surface area contributed by atoms with E-state index in [2.05, 4.69) is 0 Å². The molecule has 0 aliphatic carbocycles. The summed E-state index contributed by atoms with van der Waals surface area (Å²) >= 11 is 0. The number of aryl methyl sites for hydroxylation is 2. The van der Waals surface area contributed by atoms with E-state index in [0.29, 0.717) is 25.7 Å². The van der Waals surface area contributed by atoms with Crippen molar-refractivity contribution in [3.63, 3.8) is 0 Å². The van der Waals surface area contributed by atoms with Gasteiger partial charge >= 0.3 is 0 Å². The highest BCUT2D eigenvalue weighted by atomic mass is 32.2. The quantitative estimate of drug-likeness (QED) is 0.782. The van der Waals surface area contributed by atoms with Gasteiger partial charge < -0.3 is 5.11 Å². The molecule has 0 aromatic heterocycles. The van der Waals surface area contributed by atoms with Crippen LogP contribution in [0.3, 0.4) is 0 Å². The molecule has 0 atom stereocenters. The van der Waals surface area contributed by atoms with Gasteiger partial charge in [-0.1, -0.05) is 6.07 Å². The van der Waals surface area contributed by atoms with Crippen molar-refractivity contribution in [3.05, 3.63) is 58.4 Å². The van der Waals surface area contributed by atoms with Crippen LogP contribution in [-0.4, -0.2) is 48.9 Å². The number of halogens is 3. The second kappa shape index (κ2) is 7.73. The van der Waals surface area contributed by atoms with Crippen molar-refractivity contribution in [2.45, 2.75) is 25.3 Å². The van der Waals surface area contributed by atoms with E-state index in [-0.39, 0.29) is 18.8 Å². The second-order valence-corrected chi connectivity index (χ2v) is 8.83. The van der Waals surface area contributed by atoms with Gasteiger partial charge in [0.15, 0.2) is 17.5 Å². The van der Waals surface area contributed by atoms with Crippen LogP contribution >= 0.6 is 0 Å². The van der Waals surface area contributed by atoms with Gasteiger partial charge in [-0.15, -0.1) is 0 Å². The molecule has 9 heteroatoms. The Morgan fingerprint density at radius 2 is 1.57 bits per heavy atom. The van der Waals surface area contributed by atoms with Gasteiger partial charge in [0.1, 0.15) is 10.6 Å². The zero-order valence-corrected chi connectivity index (χ0v) is 16.4. The highest BCUT2D eigenvalue weighted by molar-refractivity contribution is 7.89. The zero-order valence-electron chi connectivity index (χ0n) is 15.5. The number of piperazine rings is 1. The number of sulfonamides is 1. The Balaban J connectivity index is 1.72. The average molecular weight is 414 g/mol. The van der Waals surface area contributed by atoms with Crippen LogP contribution in [0.25, 0.3) is 0 Å². The molecule has 2 aromatic rings. The maximum absolute atomic E-state index is 13.9. The summed E-state index contributed by atoms with van der Waals surface area (Å²) in [5, 5.41) is 10.1. The highest BCUT2D eigenvalue weighted by Gasteiger charge is 2.32. The molecule has 0 bridgehead atoms. The van der Waals surface area contributed by atoms with Crippen LogP contribution in [0.15, 0.2) is 29.2 Å². The van der Waals surface area contributed by atoms with Gasteiger partial charge in [0.25, 0.3) is 0 Å². The van der Waals surface area contributed by atoms with Crippen molar-refractivity contribution in [1.29, 1.82) is 0 Å². The molecule has 1 aliphatic heterocycles. The number of phenols is 1. The molecule has 3 rings (SSSR count). The molecule has 1 heterocycles. The minimum atomic E-state index is -4.27. The Morgan fingerprint density at radius 1 is 0.964 bits per heavy atom. The second-order valence-electron chi connectivity index (χ2n) is 6.92. The fraction of sp³-hybridized carbons (Fsp3) is 0.368. The number of hydrogen-bond donors (Lipinski definition) is 1. The summed E-state index contributed by atoms with van der Waals surface area (Å²) < 4.78 is 66.7. The first-order chi connectivity index (χ1) is 13.1. The molecule has 1 fully saturated rings. The minimum Gasteiger partial charge on any atom is -0.508 e. The summed E-state index contributed by atoms with van der Waals surface area (Å²) in [6.07, 6.45) is 0. The molecule has 1 N–H and O–H groups in total. The van der Waals surface area contributed by atoms with E-state index in [9.17, 15) is 26.7 Å². The first kappa shape index (κ1) is 20.6. The third-order valence-corrected chi connectivity index (χ3v) is 6.95. The third-order valence-electron chi connectivity index (χ3n) is 5.04. The predicted molar refractivity (Wildman–Crippen MR) is 97.9 cm³/mol. The van der Waals surface area contributed by atoms with Crippen LogP contribution in [0.1, 0.15) is 16.7 Å². The Morgan fingerprint density at radius 3 is 2.21 bits per heavy atom. The Labute approximate surface area is 162 Å². The van der Waals surface area contributed by atoms with E-state index in [1.54, 1.807) is 6.07 Å². The molecule has 5 nitrogen and oxygen atoms in total. The van der Waals surface area contributed by atoms with Crippen molar-refractivity contribution in [2.24, 2.45) is 0 Å². The summed E-state index contributed by atoms with van der Waals surface area (Å²) in [5.41, 5.74) is 2.76. The predicted octanol–water partition coefficient (Wildman–Crippen LogP) is 2.93. The molecule has 0 radical (unpaired) electrons. The van der Waals surface area contributed by atoms with Gasteiger partial charge in [0.2, 0.25) is 10.0 Å². The van der Waals surface area contributed by atoms with E-state index >= 15 is 0 Å². The summed E-state index contributed by atoms with van der Waals surface area (Å²) in [6, 6.07) is 4.92. The van der Waals surface area contributed by atoms with Crippen molar-refractivity contribution in [1.82, 2.24) is 9.21 Å². The maximum atomic E-state index is 13.9. The zero-order chi connectivity index (χ0) is 20.6. The molecule has 1 aliphatic rings. The molecule has 2 aromatic carbocycles. The van der Waals surface area contributed by atoms with Gasteiger partial charge in [-0.3, -0.25) is 4.90 Å². The standard InChI is InChI=1S/C19H21F3N2O3S/c1-12-9-14(16(25)10-13(12)2)11-23-5-7-24(8-6-23)28(26,27)17-4-3-15(20)18(21)19(17)22/h3-4,9-10,25H,5-8,11H2,1-2H3. The van der Waals surface area contributed by atoms with E-state index in [4.69, 9.17) is 0 Å². The first-order valence-corrected chi connectivity index (χ1v) is 10.2. The highest BCUT2D eigenvalue weighted by Crippen LogP contribution is 2.26. The molecule has 1 saturated heterocycles. The normalized spacial score (nSPS) is 16.5. The summed E-state index contributed by atoms with van der Waals surface area (Å²) in [6.45, 7) is 5.16. The Hall–Kier alpha value is -2.10. The summed E-state index contributed by atoms with van der Waals surface area (Å²) in [7, 11) is -4.27. The molecule has 0 unspecified atom stereocenters. The number of benzene rings is 2. The van der Waals surface area contributed by atoms with Gasteiger partial charge in [-0.05, 0) is 43.2 Å². The SMILES string of the molecule is Cc1cc(O)c(CN2CCN(S(=O)(=O)c3ccc(F)c(F)c3F)CC2)cc1C. The Bertz CT molecular complexity index is 1000. The number of aromatic hydroxyl groups is 1. The topological polar surface area (TPSA) is 60.9 Å². The first-order valence-electron chi connectivity index (χ1n) is 8.76. The van der Waals surface area contributed by atoms with E-state index in [0.717, 1.165) is 27.1 Å². The van der Waals surface area contributed by atoms with Gasteiger partial charge in [0.05, 0.1) is 0 Å². The lowest BCUT2D eigenvalue weighted by Gasteiger charge is -2.34. The average Bonchev–Trinajstić information content (AvgIpc) is 2.64.